The van der Waals surface area contributed by atoms with Crippen molar-refractivity contribution in [2.45, 2.75) is 19.5 Å². The van der Waals surface area contributed by atoms with E-state index >= 15 is 0 Å². The topological polar surface area (TPSA) is 34.0 Å². The third-order valence-corrected chi connectivity index (χ3v) is 2.03. The van der Waals surface area contributed by atoms with E-state index in [1.54, 1.807) is 19.2 Å². The van der Waals surface area contributed by atoms with Gasteiger partial charge in [0.2, 0.25) is 0 Å². The molecule has 0 bridgehead atoms. The molecule has 1 unspecified atom stereocenters. The molecule has 4 heteroatoms. The van der Waals surface area contributed by atoms with Crippen LogP contribution < -0.4 is 10.9 Å². The zero-order valence-corrected chi connectivity index (χ0v) is 8.46. The Bertz CT molecular complexity index is 346. The third kappa shape index (κ3) is 2.87. The first-order chi connectivity index (χ1) is 6.61. The summed E-state index contributed by atoms with van der Waals surface area (Å²) in [4.78, 5) is 11.2. The lowest BCUT2D eigenvalue weighted by atomic mass is 10.3. The molecule has 78 valence electrons. The van der Waals surface area contributed by atoms with Crippen LogP contribution in [0.1, 0.15) is 13.3 Å². The van der Waals surface area contributed by atoms with Crippen LogP contribution in [0, 0.1) is 0 Å². The van der Waals surface area contributed by atoms with Gasteiger partial charge in [0.25, 0.3) is 5.56 Å². The smallest absolute Gasteiger partial charge is 0.251 e. The lowest BCUT2D eigenvalue weighted by Crippen LogP contribution is -2.20. The molecular weight excluding hydrogens is 183 g/mol. The van der Waals surface area contributed by atoms with Crippen molar-refractivity contribution in [3.05, 3.63) is 28.6 Å². The van der Waals surface area contributed by atoms with E-state index in [2.05, 4.69) is 5.32 Å². The van der Waals surface area contributed by atoms with Crippen molar-refractivity contribution in [1.82, 2.24) is 4.57 Å². The molecule has 0 amide bonds. The highest BCUT2D eigenvalue weighted by molar-refractivity contribution is 5.34. The van der Waals surface area contributed by atoms with Crippen molar-refractivity contribution >= 4 is 5.82 Å². The van der Waals surface area contributed by atoms with E-state index in [9.17, 15) is 9.18 Å². The molecule has 0 aromatic carbocycles. The number of hydrogen-bond donors (Lipinski definition) is 1. The van der Waals surface area contributed by atoms with Crippen molar-refractivity contribution in [1.29, 1.82) is 0 Å². The Balaban J connectivity index is 2.59. The zero-order valence-electron chi connectivity index (χ0n) is 8.46. The molecule has 0 aliphatic carbocycles. The Labute approximate surface area is 82.6 Å². The second-order valence-corrected chi connectivity index (χ2v) is 3.30. The van der Waals surface area contributed by atoms with E-state index in [0.29, 0.717) is 13.0 Å². The summed E-state index contributed by atoms with van der Waals surface area (Å²) in [6, 6.07) is 4.97. The number of hydrogen-bond acceptors (Lipinski definition) is 2. The number of halogens is 1. The summed E-state index contributed by atoms with van der Waals surface area (Å²) in [6.45, 7) is 2.06. The van der Waals surface area contributed by atoms with Crippen LogP contribution in [0.15, 0.2) is 23.0 Å². The number of nitrogens with one attached hydrogen (secondary N) is 1. The Hall–Kier alpha value is -1.32. The second kappa shape index (κ2) is 4.79. The molecule has 1 heterocycles. The summed E-state index contributed by atoms with van der Waals surface area (Å²) in [7, 11) is 1.68. The van der Waals surface area contributed by atoms with E-state index in [4.69, 9.17) is 0 Å². The molecule has 3 nitrogen and oxygen atoms in total. The summed E-state index contributed by atoms with van der Waals surface area (Å²) < 4.78 is 14.0. The van der Waals surface area contributed by atoms with Crippen LogP contribution in [0.4, 0.5) is 10.2 Å². The molecule has 0 saturated heterocycles. The quantitative estimate of drug-likeness (QED) is 0.796. The highest BCUT2D eigenvalue weighted by Crippen LogP contribution is 2.02. The van der Waals surface area contributed by atoms with Gasteiger partial charge in [0.1, 0.15) is 5.82 Å². The summed E-state index contributed by atoms with van der Waals surface area (Å²) in [5.41, 5.74) is -0.0664. The van der Waals surface area contributed by atoms with E-state index in [0.717, 1.165) is 5.82 Å². The van der Waals surface area contributed by atoms with Gasteiger partial charge in [0.15, 0.2) is 0 Å². The molecule has 1 N–H and O–H groups in total. The van der Waals surface area contributed by atoms with Crippen molar-refractivity contribution in [2.75, 3.05) is 11.9 Å². The fraction of sp³-hybridized carbons (Fsp3) is 0.500. The highest BCUT2D eigenvalue weighted by atomic mass is 19.1. The van der Waals surface area contributed by atoms with Gasteiger partial charge < -0.3 is 5.32 Å². The van der Waals surface area contributed by atoms with E-state index in [-0.39, 0.29) is 5.56 Å². The largest absolute Gasteiger partial charge is 0.371 e. The molecule has 0 spiro atoms. The van der Waals surface area contributed by atoms with E-state index < -0.39 is 6.17 Å². The highest BCUT2D eigenvalue weighted by Gasteiger charge is 2.00. The number of pyridine rings is 1. The minimum atomic E-state index is -0.816. The lowest BCUT2D eigenvalue weighted by Gasteiger charge is -2.10. The van der Waals surface area contributed by atoms with Crippen LogP contribution in [0.2, 0.25) is 0 Å². The van der Waals surface area contributed by atoms with Gasteiger partial charge >= 0.3 is 0 Å². The van der Waals surface area contributed by atoms with Crippen molar-refractivity contribution < 1.29 is 4.39 Å². The number of rotatable bonds is 4. The van der Waals surface area contributed by atoms with Crippen molar-refractivity contribution in [3.63, 3.8) is 0 Å². The van der Waals surface area contributed by atoms with Crippen molar-refractivity contribution in [3.8, 4) is 0 Å². The van der Waals surface area contributed by atoms with Crippen LogP contribution >= 0.6 is 0 Å². The van der Waals surface area contributed by atoms with Gasteiger partial charge in [-0.15, -0.1) is 0 Å². The standard InChI is InChI=1S/C10H15FN2O/c1-8(11)6-7-12-9-4-3-5-10(14)13(9)2/h3-5,8,12H,6-7H2,1-2H3. The average Bonchev–Trinajstić information content (AvgIpc) is 2.12. The first kappa shape index (κ1) is 10.8. The van der Waals surface area contributed by atoms with Gasteiger partial charge in [-0.25, -0.2) is 4.39 Å². The molecule has 0 fully saturated rings. The molecule has 1 atom stereocenters. The molecule has 1 aromatic rings. The average molecular weight is 198 g/mol. The van der Waals surface area contributed by atoms with Gasteiger partial charge in [-0.2, -0.15) is 0 Å². The molecular formula is C10H15FN2O. The van der Waals surface area contributed by atoms with Crippen LogP contribution in [0.3, 0.4) is 0 Å². The first-order valence-corrected chi connectivity index (χ1v) is 4.65. The number of nitrogens with zero attached hydrogens (tertiary/aromatic N) is 1. The van der Waals surface area contributed by atoms with E-state index in [1.807, 2.05) is 0 Å². The summed E-state index contributed by atoms with van der Waals surface area (Å²) >= 11 is 0. The van der Waals surface area contributed by atoms with Crippen LogP contribution in [0.5, 0.6) is 0 Å². The number of aromatic nitrogens is 1. The fourth-order valence-corrected chi connectivity index (χ4v) is 1.14. The summed E-state index contributed by atoms with van der Waals surface area (Å²) in [5.74, 6) is 0.721. The molecule has 0 aliphatic heterocycles. The Morgan fingerprint density at radius 1 is 1.57 bits per heavy atom. The van der Waals surface area contributed by atoms with Gasteiger partial charge in [-0.3, -0.25) is 9.36 Å². The van der Waals surface area contributed by atoms with Crippen LogP contribution in [0.25, 0.3) is 0 Å². The van der Waals surface area contributed by atoms with E-state index in [1.165, 1.54) is 17.6 Å². The molecule has 1 rings (SSSR count). The minimum absolute atomic E-state index is 0.0664. The summed E-state index contributed by atoms with van der Waals surface area (Å²) in [5, 5.41) is 3.01. The second-order valence-electron chi connectivity index (χ2n) is 3.30. The number of anilines is 1. The minimum Gasteiger partial charge on any atom is -0.371 e. The maximum atomic E-state index is 12.5. The van der Waals surface area contributed by atoms with Gasteiger partial charge in [0.05, 0.1) is 6.17 Å². The Morgan fingerprint density at radius 3 is 2.93 bits per heavy atom. The molecule has 0 aliphatic rings. The fourth-order valence-electron chi connectivity index (χ4n) is 1.14. The van der Waals surface area contributed by atoms with Crippen molar-refractivity contribution in [2.24, 2.45) is 7.05 Å². The molecule has 0 saturated carbocycles. The maximum absolute atomic E-state index is 12.5. The van der Waals surface area contributed by atoms with Crippen LogP contribution in [-0.2, 0) is 7.05 Å². The monoisotopic (exact) mass is 198 g/mol. The van der Waals surface area contributed by atoms with Crippen LogP contribution in [-0.4, -0.2) is 17.3 Å². The SMILES string of the molecule is CC(F)CCNc1cccc(=O)n1C. The Kier molecular flexibility index (Phi) is 3.68. The van der Waals surface area contributed by atoms with Gasteiger partial charge in [0, 0.05) is 19.7 Å². The van der Waals surface area contributed by atoms with Gasteiger partial charge in [-0.05, 0) is 19.4 Å². The third-order valence-electron chi connectivity index (χ3n) is 2.03. The molecule has 1 aromatic heterocycles. The summed E-state index contributed by atoms with van der Waals surface area (Å²) in [6.07, 6.45) is -0.369. The normalized spacial score (nSPS) is 12.5. The molecule has 14 heavy (non-hydrogen) atoms. The first-order valence-electron chi connectivity index (χ1n) is 4.65. The zero-order chi connectivity index (χ0) is 10.6. The number of alkyl halides is 1. The lowest BCUT2D eigenvalue weighted by molar-refractivity contribution is 0.348. The Morgan fingerprint density at radius 2 is 2.29 bits per heavy atom. The molecule has 0 radical (unpaired) electrons. The maximum Gasteiger partial charge on any atom is 0.251 e. The van der Waals surface area contributed by atoms with Gasteiger partial charge in [-0.1, -0.05) is 6.07 Å². The predicted octanol–water partition coefficient (Wildman–Crippen LogP) is 1.55. The predicted molar refractivity (Wildman–Crippen MR) is 55.4 cm³/mol.